The van der Waals surface area contributed by atoms with Gasteiger partial charge < -0.3 is 9.72 Å². The molecule has 0 radical (unpaired) electrons. The van der Waals surface area contributed by atoms with Crippen molar-refractivity contribution in [1.82, 2.24) is 20.2 Å². The Balaban J connectivity index is 1.87. The molecule has 130 valence electrons. The van der Waals surface area contributed by atoms with E-state index in [4.69, 9.17) is 11.6 Å². The smallest absolute Gasteiger partial charge is 0.413 e. The Morgan fingerprint density at radius 1 is 1.27 bits per heavy atom. The van der Waals surface area contributed by atoms with Crippen LogP contribution in [-0.4, -0.2) is 33.4 Å². The average molecular weight is 370 g/mol. The summed E-state index contributed by atoms with van der Waals surface area (Å²) in [5, 5.41) is 10.6. The summed E-state index contributed by atoms with van der Waals surface area (Å²) < 4.78 is 4.55. The Kier molecular flexibility index (Phi) is 3.81. The van der Waals surface area contributed by atoms with Crippen LogP contribution in [0.1, 0.15) is 0 Å². The molecule has 1 amide bonds. The highest BCUT2D eigenvalue weighted by Gasteiger charge is 2.14. The zero-order chi connectivity index (χ0) is 18.3. The lowest BCUT2D eigenvalue weighted by Gasteiger charge is -2.06. The highest BCUT2D eigenvalue weighted by atomic mass is 35.5. The fourth-order valence-electron chi connectivity index (χ4n) is 2.75. The average Bonchev–Trinajstić information content (AvgIpc) is 3.04. The number of benzene rings is 2. The molecule has 0 aliphatic carbocycles. The monoisotopic (exact) mass is 369 g/mol. The number of aromatic nitrogens is 4. The lowest BCUT2D eigenvalue weighted by molar-refractivity contribution is 0.186. The molecule has 0 aliphatic rings. The third-order valence-electron chi connectivity index (χ3n) is 3.93. The molecule has 0 atom stereocenters. The van der Waals surface area contributed by atoms with Crippen LogP contribution in [0.2, 0.25) is 5.02 Å². The number of nitrogens with zero attached hydrogens (tertiary/aromatic N) is 2. The van der Waals surface area contributed by atoms with E-state index >= 15 is 0 Å². The molecule has 8 nitrogen and oxygen atoms in total. The van der Waals surface area contributed by atoms with Crippen LogP contribution >= 0.6 is 11.6 Å². The largest absolute Gasteiger partial charge is 0.453 e. The van der Waals surface area contributed by atoms with E-state index in [-0.39, 0.29) is 11.5 Å². The maximum absolute atomic E-state index is 12.0. The fourth-order valence-corrected chi connectivity index (χ4v) is 3.01. The fraction of sp³-hybridized carbons (Fsp3) is 0.0588. The van der Waals surface area contributed by atoms with E-state index in [1.54, 1.807) is 30.3 Å². The van der Waals surface area contributed by atoms with Crippen molar-refractivity contribution in [3.05, 3.63) is 51.8 Å². The number of H-pyrrole nitrogens is 2. The highest BCUT2D eigenvalue weighted by Crippen LogP contribution is 2.31. The Labute approximate surface area is 151 Å². The van der Waals surface area contributed by atoms with Crippen molar-refractivity contribution in [2.45, 2.75) is 0 Å². The number of amides is 1. The topological polar surface area (TPSA) is 113 Å². The van der Waals surface area contributed by atoms with E-state index in [1.807, 2.05) is 6.07 Å². The van der Waals surface area contributed by atoms with Crippen LogP contribution in [0, 0.1) is 0 Å². The number of aromatic amines is 2. The number of methoxy groups -OCH3 is 1. The summed E-state index contributed by atoms with van der Waals surface area (Å²) in [4.78, 5) is 30.6. The summed E-state index contributed by atoms with van der Waals surface area (Å²) >= 11 is 6.30. The number of carbonyl (C=O) groups excluding carboxylic acids is 1. The number of rotatable bonds is 2. The third kappa shape index (κ3) is 2.66. The first kappa shape index (κ1) is 16.1. The molecule has 4 rings (SSSR count). The first-order valence-corrected chi connectivity index (χ1v) is 7.96. The zero-order valence-electron chi connectivity index (χ0n) is 13.5. The second-order valence-corrected chi connectivity index (χ2v) is 5.90. The van der Waals surface area contributed by atoms with Crippen LogP contribution in [0.4, 0.5) is 10.7 Å². The number of fused-ring (bicyclic) bond motifs is 2. The second-order valence-electron chi connectivity index (χ2n) is 5.50. The van der Waals surface area contributed by atoms with Crippen LogP contribution < -0.4 is 10.9 Å². The van der Waals surface area contributed by atoms with Crippen molar-refractivity contribution in [3.8, 4) is 11.3 Å². The van der Waals surface area contributed by atoms with Crippen LogP contribution in [0.15, 0.2) is 41.2 Å². The molecule has 0 spiro atoms. The number of nitrogens with one attached hydrogen (secondary N) is 3. The van der Waals surface area contributed by atoms with Crippen LogP contribution in [-0.2, 0) is 4.74 Å². The van der Waals surface area contributed by atoms with Gasteiger partial charge in [0.05, 0.1) is 28.6 Å². The van der Waals surface area contributed by atoms with E-state index in [2.05, 4.69) is 30.2 Å². The van der Waals surface area contributed by atoms with E-state index in [9.17, 15) is 9.59 Å². The summed E-state index contributed by atoms with van der Waals surface area (Å²) in [5.41, 5.74) is 2.29. The van der Waals surface area contributed by atoms with Gasteiger partial charge in [0.2, 0.25) is 5.95 Å². The Hall–Kier alpha value is -3.39. The first-order chi connectivity index (χ1) is 12.6. The van der Waals surface area contributed by atoms with Crippen molar-refractivity contribution in [1.29, 1.82) is 0 Å². The summed E-state index contributed by atoms with van der Waals surface area (Å²) in [5.74, 6) is 0.265. The minimum atomic E-state index is -0.621. The number of hydrogen-bond acceptors (Lipinski definition) is 5. The maximum Gasteiger partial charge on any atom is 0.413 e. The SMILES string of the molecule is COC(=O)Nc1nc2cc(-c3n[nH]c(=O)c4cccc(Cl)c34)ccc2[nH]1. The van der Waals surface area contributed by atoms with Crippen molar-refractivity contribution in [3.63, 3.8) is 0 Å². The van der Waals surface area contributed by atoms with Gasteiger partial charge in [0.25, 0.3) is 5.56 Å². The number of ether oxygens (including phenoxy) is 1. The minimum Gasteiger partial charge on any atom is -0.453 e. The van der Waals surface area contributed by atoms with Gasteiger partial charge in [0.1, 0.15) is 5.69 Å². The quantitative estimate of drug-likeness (QED) is 0.501. The standard InChI is InChI=1S/C17H12ClN5O3/c1-26-17(25)21-16-19-11-6-5-8(7-12(11)20-16)14-13-9(15(24)23-22-14)3-2-4-10(13)18/h2-7H,1H3,(H,23,24)(H2,19,20,21,25). The zero-order valence-corrected chi connectivity index (χ0v) is 14.2. The molecule has 0 bridgehead atoms. The van der Waals surface area contributed by atoms with E-state index in [0.717, 1.165) is 11.1 Å². The number of carbonyl (C=O) groups is 1. The molecular formula is C17H12ClN5O3. The van der Waals surface area contributed by atoms with Gasteiger partial charge in [-0.15, -0.1) is 0 Å². The van der Waals surface area contributed by atoms with E-state index in [1.165, 1.54) is 7.11 Å². The number of anilines is 1. The number of hydrogen-bond donors (Lipinski definition) is 3. The number of imidazole rings is 1. The van der Waals surface area contributed by atoms with Crippen molar-refractivity contribution < 1.29 is 9.53 Å². The van der Waals surface area contributed by atoms with Gasteiger partial charge in [-0.2, -0.15) is 5.10 Å². The highest BCUT2D eigenvalue weighted by molar-refractivity contribution is 6.36. The molecule has 0 saturated heterocycles. The normalized spacial score (nSPS) is 11.0. The molecule has 2 heterocycles. The molecule has 2 aromatic carbocycles. The molecule has 0 fully saturated rings. The van der Waals surface area contributed by atoms with Gasteiger partial charge in [0, 0.05) is 10.9 Å². The number of halogens is 1. The Morgan fingerprint density at radius 2 is 2.12 bits per heavy atom. The molecule has 26 heavy (non-hydrogen) atoms. The van der Waals surface area contributed by atoms with Crippen LogP contribution in [0.5, 0.6) is 0 Å². The molecule has 4 aromatic rings. The van der Waals surface area contributed by atoms with Crippen LogP contribution in [0.25, 0.3) is 33.1 Å². The molecule has 3 N–H and O–H groups in total. The van der Waals surface area contributed by atoms with Gasteiger partial charge in [-0.25, -0.2) is 14.9 Å². The summed E-state index contributed by atoms with van der Waals surface area (Å²) in [6.45, 7) is 0. The summed E-state index contributed by atoms with van der Waals surface area (Å²) in [7, 11) is 1.27. The van der Waals surface area contributed by atoms with E-state index < -0.39 is 6.09 Å². The lowest BCUT2D eigenvalue weighted by atomic mass is 10.0. The molecule has 0 aliphatic heterocycles. The third-order valence-corrected chi connectivity index (χ3v) is 4.24. The van der Waals surface area contributed by atoms with Gasteiger partial charge in [-0.1, -0.05) is 23.7 Å². The minimum absolute atomic E-state index is 0.265. The molecule has 0 saturated carbocycles. The Bertz CT molecular complexity index is 1210. The van der Waals surface area contributed by atoms with Crippen LogP contribution in [0.3, 0.4) is 0 Å². The first-order valence-electron chi connectivity index (χ1n) is 7.59. The maximum atomic E-state index is 12.0. The predicted octanol–water partition coefficient (Wildman–Crippen LogP) is 3.30. The molecule has 2 aromatic heterocycles. The predicted molar refractivity (Wildman–Crippen MR) is 98.5 cm³/mol. The van der Waals surface area contributed by atoms with E-state index in [0.29, 0.717) is 27.0 Å². The van der Waals surface area contributed by atoms with Crippen molar-refractivity contribution >= 4 is 45.4 Å². The molecule has 9 heteroatoms. The lowest BCUT2D eigenvalue weighted by Crippen LogP contribution is -2.11. The second kappa shape index (κ2) is 6.16. The van der Waals surface area contributed by atoms with Gasteiger partial charge >= 0.3 is 6.09 Å². The van der Waals surface area contributed by atoms with Gasteiger partial charge in [0.15, 0.2) is 0 Å². The summed E-state index contributed by atoms with van der Waals surface area (Å²) in [6, 6.07) is 10.5. The van der Waals surface area contributed by atoms with Gasteiger partial charge in [-0.3, -0.25) is 10.1 Å². The van der Waals surface area contributed by atoms with Crippen molar-refractivity contribution in [2.75, 3.05) is 12.4 Å². The van der Waals surface area contributed by atoms with Crippen molar-refractivity contribution in [2.24, 2.45) is 0 Å². The summed E-state index contributed by atoms with van der Waals surface area (Å²) in [6.07, 6.45) is -0.621. The van der Waals surface area contributed by atoms with Gasteiger partial charge in [-0.05, 0) is 24.3 Å². The molecular weight excluding hydrogens is 358 g/mol. The molecule has 0 unspecified atom stereocenters. The Morgan fingerprint density at radius 3 is 2.92 bits per heavy atom.